The van der Waals surface area contributed by atoms with Crippen molar-refractivity contribution < 1.29 is 23.9 Å². The number of urea groups is 1. The Kier molecular flexibility index (Phi) is 5.45. The third kappa shape index (κ3) is 4.92. The van der Waals surface area contributed by atoms with Gasteiger partial charge in [0, 0.05) is 25.7 Å². The van der Waals surface area contributed by atoms with Gasteiger partial charge in [-0.05, 0) is 18.2 Å². The topological polar surface area (TPSA) is 108 Å². The van der Waals surface area contributed by atoms with Gasteiger partial charge in [-0.1, -0.05) is 0 Å². The second-order valence-corrected chi connectivity index (χ2v) is 3.86. The zero-order chi connectivity index (χ0) is 15.1. The van der Waals surface area contributed by atoms with E-state index in [9.17, 15) is 18.8 Å². The summed E-state index contributed by atoms with van der Waals surface area (Å²) in [6.07, 6.45) is 0. The largest absolute Gasteiger partial charge is 0.478 e. The third-order valence-corrected chi connectivity index (χ3v) is 2.24. The molecule has 0 saturated carbocycles. The summed E-state index contributed by atoms with van der Waals surface area (Å²) >= 11 is 0. The third-order valence-electron chi connectivity index (χ3n) is 2.24. The predicted molar refractivity (Wildman–Crippen MR) is 69.1 cm³/mol. The van der Waals surface area contributed by atoms with E-state index in [1.54, 1.807) is 0 Å². The zero-order valence-electron chi connectivity index (χ0n) is 10.7. The van der Waals surface area contributed by atoms with Crippen molar-refractivity contribution in [2.24, 2.45) is 0 Å². The van der Waals surface area contributed by atoms with E-state index in [2.05, 4.69) is 16.0 Å². The van der Waals surface area contributed by atoms with Gasteiger partial charge in [-0.3, -0.25) is 4.79 Å². The maximum Gasteiger partial charge on any atom is 0.338 e. The summed E-state index contributed by atoms with van der Waals surface area (Å²) in [6.45, 7) is 1.83. The minimum absolute atomic E-state index is 0.154. The van der Waals surface area contributed by atoms with Crippen molar-refractivity contribution in [2.45, 2.75) is 6.92 Å². The number of anilines is 1. The van der Waals surface area contributed by atoms with E-state index in [1.807, 2.05) is 0 Å². The fourth-order valence-electron chi connectivity index (χ4n) is 1.36. The highest BCUT2D eigenvalue weighted by atomic mass is 19.1. The van der Waals surface area contributed by atoms with E-state index in [-0.39, 0.29) is 24.7 Å². The molecule has 0 fully saturated rings. The summed E-state index contributed by atoms with van der Waals surface area (Å²) in [7, 11) is 0. The lowest BCUT2D eigenvalue weighted by molar-refractivity contribution is -0.118. The lowest BCUT2D eigenvalue weighted by Gasteiger charge is -2.08. The van der Waals surface area contributed by atoms with Gasteiger partial charge in [0.15, 0.2) is 0 Å². The Bertz CT molecular complexity index is 533. The Labute approximate surface area is 114 Å². The Morgan fingerprint density at radius 3 is 2.45 bits per heavy atom. The summed E-state index contributed by atoms with van der Waals surface area (Å²) in [5.41, 5.74) is -0.373. The zero-order valence-corrected chi connectivity index (χ0v) is 10.7. The van der Waals surface area contributed by atoms with Gasteiger partial charge >= 0.3 is 12.0 Å². The van der Waals surface area contributed by atoms with Crippen LogP contribution in [0.1, 0.15) is 17.3 Å². The van der Waals surface area contributed by atoms with Gasteiger partial charge < -0.3 is 21.1 Å². The second kappa shape index (κ2) is 7.07. The fourth-order valence-corrected chi connectivity index (χ4v) is 1.36. The van der Waals surface area contributed by atoms with Gasteiger partial charge in [0.2, 0.25) is 5.91 Å². The minimum Gasteiger partial charge on any atom is -0.478 e. The molecule has 20 heavy (non-hydrogen) atoms. The van der Waals surface area contributed by atoms with Crippen molar-refractivity contribution in [1.29, 1.82) is 0 Å². The highest BCUT2D eigenvalue weighted by Crippen LogP contribution is 2.14. The highest BCUT2D eigenvalue weighted by molar-refractivity contribution is 5.93. The van der Waals surface area contributed by atoms with Crippen LogP contribution in [-0.4, -0.2) is 36.1 Å². The van der Waals surface area contributed by atoms with Crippen LogP contribution in [0.4, 0.5) is 14.9 Å². The number of benzene rings is 1. The molecule has 1 rings (SSSR count). The molecule has 7 nitrogen and oxygen atoms in total. The number of nitrogens with one attached hydrogen (secondary N) is 3. The first-order valence-electron chi connectivity index (χ1n) is 5.72. The van der Waals surface area contributed by atoms with E-state index in [1.165, 1.54) is 13.0 Å². The van der Waals surface area contributed by atoms with Crippen LogP contribution in [0.2, 0.25) is 0 Å². The number of halogens is 1. The number of carbonyl (C=O) groups excluding carboxylic acids is 2. The quantitative estimate of drug-likeness (QED) is 0.599. The molecule has 8 heteroatoms. The molecular weight excluding hydrogens is 269 g/mol. The van der Waals surface area contributed by atoms with Crippen LogP contribution in [-0.2, 0) is 4.79 Å². The first kappa shape index (κ1) is 15.4. The lowest BCUT2D eigenvalue weighted by Crippen LogP contribution is -2.36. The average molecular weight is 283 g/mol. The van der Waals surface area contributed by atoms with Crippen LogP contribution in [0, 0.1) is 5.82 Å². The lowest BCUT2D eigenvalue weighted by atomic mass is 10.2. The van der Waals surface area contributed by atoms with Crippen LogP contribution in [0.25, 0.3) is 0 Å². The maximum absolute atomic E-state index is 13.1. The summed E-state index contributed by atoms with van der Waals surface area (Å²) in [5.74, 6) is -2.51. The SMILES string of the molecule is CC(=O)NCCNC(=O)Nc1ccc(F)c(C(=O)O)c1. The molecule has 108 valence electrons. The Morgan fingerprint density at radius 2 is 1.85 bits per heavy atom. The van der Waals surface area contributed by atoms with E-state index in [0.717, 1.165) is 12.1 Å². The number of rotatable bonds is 5. The molecule has 0 spiro atoms. The Balaban J connectivity index is 2.52. The summed E-state index contributed by atoms with van der Waals surface area (Å²) in [6, 6.07) is 2.63. The number of carboxylic acid groups (broad SMARTS) is 1. The van der Waals surface area contributed by atoms with Crippen LogP contribution < -0.4 is 16.0 Å². The van der Waals surface area contributed by atoms with Crippen molar-refractivity contribution in [2.75, 3.05) is 18.4 Å². The van der Waals surface area contributed by atoms with Gasteiger partial charge in [0.1, 0.15) is 5.82 Å². The Morgan fingerprint density at radius 1 is 1.20 bits per heavy atom. The molecule has 0 aliphatic heterocycles. The van der Waals surface area contributed by atoms with E-state index >= 15 is 0 Å². The molecule has 0 aliphatic rings. The fraction of sp³-hybridized carbons (Fsp3) is 0.250. The second-order valence-electron chi connectivity index (χ2n) is 3.86. The summed E-state index contributed by atoms with van der Waals surface area (Å²) < 4.78 is 13.1. The van der Waals surface area contributed by atoms with Gasteiger partial charge in [0.25, 0.3) is 0 Å². The molecule has 1 aromatic carbocycles. The van der Waals surface area contributed by atoms with Gasteiger partial charge in [-0.15, -0.1) is 0 Å². The van der Waals surface area contributed by atoms with E-state index < -0.39 is 23.4 Å². The van der Waals surface area contributed by atoms with Crippen molar-refractivity contribution in [3.63, 3.8) is 0 Å². The smallest absolute Gasteiger partial charge is 0.338 e. The van der Waals surface area contributed by atoms with Gasteiger partial charge in [-0.25, -0.2) is 14.0 Å². The van der Waals surface area contributed by atoms with Crippen molar-refractivity contribution >= 4 is 23.6 Å². The molecule has 0 aliphatic carbocycles. The first-order chi connectivity index (χ1) is 9.40. The van der Waals surface area contributed by atoms with Crippen LogP contribution >= 0.6 is 0 Å². The number of amides is 3. The van der Waals surface area contributed by atoms with Crippen molar-refractivity contribution in [1.82, 2.24) is 10.6 Å². The standard InChI is InChI=1S/C12H14FN3O4/c1-7(17)14-4-5-15-12(20)16-8-2-3-10(13)9(6-8)11(18)19/h2-3,6H,4-5H2,1H3,(H,14,17)(H,18,19)(H2,15,16,20). The first-order valence-corrected chi connectivity index (χ1v) is 5.72. The summed E-state index contributed by atoms with van der Waals surface area (Å²) in [4.78, 5) is 32.8. The number of hydrogen-bond acceptors (Lipinski definition) is 3. The molecule has 1 aromatic rings. The van der Waals surface area contributed by atoms with E-state index in [4.69, 9.17) is 5.11 Å². The average Bonchev–Trinajstić information content (AvgIpc) is 2.36. The number of carboxylic acids is 1. The normalized spacial score (nSPS) is 9.70. The molecule has 0 radical (unpaired) electrons. The highest BCUT2D eigenvalue weighted by Gasteiger charge is 2.11. The van der Waals surface area contributed by atoms with Crippen molar-refractivity contribution in [3.8, 4) is 0 Å². The number of aromatic carboxylic acids is 1. The number of hydrogen-bond donors (Lipinski definition) is 4. The molecule has 0 saturated heterocycles. The molecule has 4 N–H and O–H groups in total. The summed E-state index contributed by atoms with van der Waals surface area (Å²) in [5, 5.41) is 16.0. The molecule has 0 bridgehead atoms. The van der Waals surface area contributed by atoms with Crippen LogP contribution in [0.5, 0.6) is 0 Å². The Hall–Kier alpha value is -2.64. The monoisotopic (exact) mass is 283 g/mol. The van der Waals surface area contributed by atoms with Crippen molar-refractivity contribution in [3.05, 3.63) is 29.6 Å². The van der Waals surface area contributed by atoms with Crippen LogP contribution in [0.3, 0.4) is 0 Å². The van der Waals surface area contributed by atoms with Gasteiger partial charge in [-0.2, -0.15) is 0 Å². The minimum atomic E-state index is -1.42. The molecule has 0 atom stereocenters. The molecule has 3 amide bonds. The van der Waals surface area contributed by atoms with Crippen LogP contribution in [0.15, 0.2) is 18.2 Å². The molecule has 0 heterocycles. The predicted octanol–water partition coefficient (Wildman–Crippen LogP) is 0.781. The molecule has 0 unspecified atom stereocenters. The molecule has 0 aromatic heterocycles. The number of carbonyl (C=O) groups is 3. The molecular formula is C12H14FN3O4. The van der Waals surface area contributed by atoms with Gasteiger partial charge in [0.05, 0.1) is 5.56 Å². The van der Waals surface area contributed by atoms with E-state index in [0.29, 0.717) is 0 Å². The maximum atomic E-state index is 13.1.